The summed E-state index contributed by atoms with van der Waals surface area (Å²) in [6.45, 7) is 15.3. The highest BCUT2D eigenvalue weighted by Gasteiger charge is 2.16. The molecule has 388 valence electrons. The molecule has 8 aromatic heterocycles. The van der Waals surface area contributed by atoms with E-state index in [1.165, 1.54) is 133 Å². The number of oxazole rings is 1. The molecule has 27 nitrogen and oxygen atoms in total. The Kier molecular flexibility index (Phi) is 31.9. The molecule has 0 saturated carbocycles. The summed E-state index contributed by atoms with van der Waals surface area (Å²) in [6, 6.07) is -0.0567. The number of ketones is 9. The standard InChI is InChI=1S/C6H11NO2.2C5H5NO2.2C5H5NOS.2C4H4N2O2.2C4H4N2OS/c1-5(8)6-4-9-3-2-7-6;1-4(7)5-2-8-3-6-5;1-4(7)5-2-6-8-3-5;1-4(7)5-2-8-3-6-5;1-4(7)5-2-6-8-3-5;1-3(7)4-5-2-8-6-4;1-3(7)4-5-2-6-8-4;1-3(7)4-6-5-2-8-4;1-3(7)4-2-5-8-6-4/h6-7H,2-4H2,1H3;4*2-3H,1H3;4*2H,1H3. The molecule has 0 bridgehead atoms. The number of aromatic nitrogens is 12. The summed E-state index contributed by atoms with van der Waals surface area (Å²) >= 11 is 5.04. The number of hydrogen-bond acceptors (Lipinski definition) is 31. The van der Waals surface area contributed by atoms with Gasteiger partial charge in [0.15, 0.2) is 52.4 Å². The summed E-state index contributed by atoms with van der Waals surface area (Å²) in [5, 5.41) is 23.9. The first-order valence-electron chi connectivity index (χ1n) is 20.3. The first-order chi connectivity index (χ1) is 34.7. The lowest BCUT2D eigenvalue weighted by Gasteiger charge is -2.20. The second-order valence-electron chi connectivity index (χ2n) is 13.3. The van der Waals surface area contributed by atoms with Gasteiger partial charge in [-0.25, -0.2) is 14.3 Å². The van der Waals surface area contributed by atoms with Crippen LogP contribution in [0.1, 0.15) is 146 Å². The van der Waals surface area contributed by atoms with E-state index >= 15 is 0 Å². The average Bonchev–Trinajstić information content (AvgIpc) is 4.23. The second kappa shape index (κ2) is 36.9. The van der Waals surface area contributed by atoms with Crippen molar-refractivity contribution in [3.63, 3.8) is 0 Å². The smallest absolute Gasteiger partial charge is 0.293 e. The third kappa shape index (κ3) is 29.1. The number of carbonyl (C=O) groups is 9. The Labute approximate surface area is 431 Å². The van der Waals surface area contributed by atoms with Crippen molar-refractivity contribution >= 4 is 98.0 Å². The lowest BCUT2D eigenvalue weighted by molar-refractivity contribution is -0.121. The predicted octanol–water partition coefficient (Wildman–Crippen LogP) is 6.04. The van der Waals surface area contributed by atoms with Crippen LogP contribution in [-0.4, -0.2) is 137 Å². The number of Topliss-reactive ketones (excluding diaryl/α,β-unsaturated/α-hetero) is 9. The molecular weight excluding hydrogens is 1040 g/mol. The third-order valence-corrected chi connectivity index (χ3v) is 9.84. The maximum atomic E-state index is 10.7. The minimum atomic E-state index is -0.206. The molecule has 1 fully saturated rings. The van der Waals surface area contributed by atoms with Crippen LogP contribution in [0.2, 0.25) is 0 Å². The summed E-state index contributed by atoms with van der Waals surface area (Å²) in [5.74, 6) is -0.0628. The van der Waals surface area contributed by atoms with Crippen LogP contribution < -0.4 is 5.32 Å². The van der Waals surface area contributed by atoms with E-state index in [9.17, 15) is 43.2 Å². The lowest BCUT2D eigenvalue weighted by atomic mass is 10.2. The van der Waals surface area contributed by atoms with Crippen LogP contribution in [0.5, 0.6) is 0 Å². The molecule has 0 aromatic carbocycles. The van der Waals surface area contributed by atoms with Crippen molar-refractivity contribution in [2.75, 3.05) is 19.8 Å². The maximum Gasteiger partial charge on any atom is 0.293 e. The summed E-state index contributed by atoms with van der Waals surface area (Å²) in [5.41, 5.74) is 5.81. The Morgan fingerprint density at radius 2 is 1.34 bits per heavy atom. The average molecular weight is 1090 g/mol. The normalized spacial score (nSPS) is 11.4. The molecule has 31 heteroatoms. The number of hydrogen-bond donors (Lipinski definition) is 1. The number of rotatable bonds is 9. The van der Waals surface area contributed by atoms with Crippen LogP contribution in [0, 0.1) is 0 Å². The molecule has 9 heterocycles. The molecule has 0 spiro atoms. The number of morpholine rings is 1. The highest BCUT2D eigenvalue weighted by atomic mass is 32.1. The van der Waals surface area contributed by atoms with Gasteiger partial charge in [-0.2, -0.15) is 18.7 Å². The Morgan fingerprint density at radius 1 is 0.630 bits per heavy atom. The Hall–Kier alpha value is -7.97. The van der Waals surface area contributed by atoms with Gasteiger partial charge in [0.25, 0.3) is 5.89 Å². The van der Waals surface area contributed by atoms with Gasteiger partial charge >= 0.3 is 0 Å². The van der Waals surface area contributed by atoms with Crippen LogP contribution in [-0.2, 0) is 9.53 Å². The zero-order chi connectivity index (χ0) is 54.6. The molecule has 1 unspecified atom stereocenters. The van der Waals surface area contributed by atoms with Crippen LogP contribution in [0.15, 0.2) is 90.0 Å². The van der Waals surface area contributed by atoms with Gasteiger partial charge in [-0.1, -0.05) is 26.8 Å². The number of ether oxygens (including phenoxy) is 1. The maximum absolute atomic E-state index is 10.7. The molecule has 1 N–H and O–H groups in total. The highest BCUT2D eigenvalue weighted by molar-refractivity contribution is 7.11. The number of carbonyl (C=O) groups excluding carboxylic acids is 9. The van der Waals surface area contributed by atoms with Crippen LogP contribution in [0.3, 0.4) is 0 Å². The third-order valence-electron chi connectivity index (χ3n) is 7.40. The highest BCUT2D eigenvalue weighted by Crippen LogP contribution is 2.03. The molecule has 73 heavy (non-hydrogen) atoms. The van der Waals surface area contributed by atoms with E-state index in [-0.39, 0.29) is 69.8 Å². The summed E-state index contributed by atoms with van der Waals surface area (Å²) < 4.78 is 33.8. The number of nitrogens with one attached hydrogen (secondary N) is 1. The summed E-state index contributed by atoms with van der Waals surface area (Å²) in [6.07, 6.45) is 10.6. The first-order valence-corrected chi connectivity index (χ1v) is 23.6. The van der Waals surface area contributed by atoms with E-state index < -0.39 is 0 Å². The van der Waals surface area contributed by atoms with Crippen molar-refractivity contribution in [3.05, 3.63) is 117 Å². The van der Waals surface area contributed by atoms with Crippen molar-refractivity contribution in [1.82, 2.24) is 64.0 Å². The van der Waals surface area contributed by atoms with E-state index in [4.69, 9.17) is 4.74 Å². The molecule has 0 aliphatic carbocycles. The van der Waals surface area contributed by atoms with Crippen molar-refractivity contribution < 1.29 is 65.9 Å². The van der Waals surface area contributed by atoms with E-state index in [2.05, 4.69) is 82.0 Å². The Morgan fingerprint density at radius 3 is 1.60 bits per heavy atom. The monoisotopic (exact) mass is 1090 g/mol. The van der Waals surface area contributed by atoms with Gasteiger partial charge in [-0.05, 0) is 32.3 Å². The predicted molar refractivity (Wildman–Crippen MR) is 259 cm³/mol. The summed E-state index contributed by atoms with van der Waals surface area (Å²) in [7, 11) is 0. The van der Waals surface area contributed by atoms with Gasteiger partial charge in [0.2, 0.25) is 23.8 Å². The largest absolute Gasteiger partial charge is 0.451 e. The molecule has 0 amide bonds. The molecule has 8 aromatic rings. The van der Waals surface area contributed by atoms with Crippen molar-refractivity contribution in [2.45, 2.75) is 68.4 Å². The quantitative estimate of drug-likeness (QED) is 0.161. The zero-order valence-corrected chi connectivity index (χ0v) is 43.6. The minimum Gasteiger partial charge on any atom is -0.451 e. The fraction of sp³-hybridized carbons (Fsp3) is 0.310. The van der Waals surface area contributed by atoms with Gasteiger partial charge < -0.3 is 28.0 Å². The van der Waals surface area contributed by atoms with Crippen molar-refractivity contribution in [2.24, 2.45) is 0 Å². The first kappa shape index (κ1) is 63.0. The molecular formula is C42H47N13O14S4. The molecule has 1 aliphatic heterocycles. The molecule has 1 saturated heterocycles. The van der Waals surface area contributed by atoms with Gasteiger partial charge in [0.05, 0.1) is 60.6 Å². The SMILES string of the molecule is CC(=O)C1COCCN1.CC(=O)c1cnoc1.CC(=O)c1cnsc1.CC(=O)c1cnsn1.CC(=O)c1cocn1.CC(=O)c1cscn1.CC(=O)c1ncno1.CC(=O)c1ncon1.CC(=O)c1nncs1. The summed E-state index contributed by atoms with van der Waals surface area (Å²) in [4.78, 5) is 108. The van der Waals surface area contributed by atoms with Gasteiger partial charge in [-0.3, -0.25) is 43.2 Å². The van der Waals surface area contributed by atoms with E-state index in [1.807, 2.05) is 0 Å². The Balaban J connectivity index is 0.000000411. The molecule has 0 radical (unpaired) electrons. The van der Waals surface area contributed by atoms with Gasteiger partial charge in [0.1, 0.15) is 40.9 Å². The lowest BCUT2D eigenvalue weighted by Crippen LogP contribution is -2.45. The number of nitrogens with zero attached hydrogens (tertiary/aromatic N) is 12. The van der Waals surface area contributed by atoms with Gasteiger partial charge in [-0.15, -0.1) is 21.5 Å². The second-order valence-corrected chi connectivity index (χ2v) is 16.0. The zero-order valence-electron chi connectivity index (χ0n) is 40.3. The van der Waals surface area contributed by atoms with Crippen molar-refractivity contribution in [3.8, 4) is 0 Å². The van der Waals surface area contributed by atoms with Gasteiger partial charge in [0, 0.05) is 64.4 Å². The molecule has 9 rings (SSSR count). The Bertz CT molecular complexity index is 2230. The van der Waals surface area contributed by atoms with Crippen LogP contribution in [0.25, 0.3) is 0 Å². The van der Waals surface area contributed by atoms with Crippen LogP contribution >= 0.6 is 45.9 Å². The fourth-order valence-corrected chi connectivity index (χ4v) is 5.74. The topological polar surface area (TPSA) is 382 Å². The van der Waals surface area contributed by atoms with E-state index in [0.717, 1.165) is 31.3 Å². The number of thiazole rings is 1. The van der Waals surface area contributed by atoms with Crippen LogP contribution in [0.4, 0.5) is 0 Å². The van der Waals surface area contributed by atoms with E-state index in [1.54, 1.807) is 29.4 Å². The fourth-order valence-electron chi connectivity index (χ4n) is 3.66. The molecule has 1 atom stereocenters. The minimum absolute atomic E-state index is 0.0208. The molecule has 1 aliphatic rings. The van der Waals surface area contributed by atoms with Crippen molar-refractivity contribution in [1.29, 1.82) is 0 Å². The van der Waals surface area contributed by atoms with E-state index in [0.29, 0.717) is 39.8 Å².